The van der Waals surface area contributed by atoms with Crippen molar-refractivity contribution in [3.63, 3.8) is 0 Å². The van der Waals surface area contributed by atoms with Crippen molar-refractivity contribution < 1.29 is 9.90 Å². The molecule has 1 heterocycles. The largest absolute Gasteiger partial charge is 0.478 e. The van der Waals surface area contributed by atoms with Crippen molar-refractivity contribution in [2.75, 3.05) is 24.6 Å². The standard InChI is InChI=1S/C15H19NO2S/c17-15(18)7-6-13-4-1-2-5-14(13)12-16-8-3-10-19-11-9-16/h1-2,4-7H,3,8-12H2,(H,17,18). The van der Waals surface area contributed by atoms with Crippen molar-refractivity contribution in [2.24, 2.45) is 0 Å². The predicted molar refractivity (Wildman–Crippen MR) is 80.3 cm³/mol. The summed E-state index contributed by atoms with van der Waals surface area (Å²) in [6.45, 7) is 3.15. The third-order valence-corrected chi connectivity index (χ3v) is 4.22. The van der Waals surface area contributed by atoms with Crippen molar-refractivity contribution >= 4 is 23.8 Å². The lowest BCUT2D eigenvalue weighted by molar-refractivity contribution is -0.131. The number of thioether (sulfide) groups is 1. The first-order chi connectivity index (χ1) is 9.25. The van der Waals surface area contributed by atoms with Crippen LogP contribution in [0.3, 0.4) is 0 Å². The Labute approximate surface area is 118 Å². The van der Waals surface area contributed by atoms with Gasteiger partial charge in [-0.3, -0.25) is 4.90 Å². The van der Waals surface area contributed by atoms with Crippen LogP contribution in [-0.2, 0) is 11.3 Å². The molecule has 1 aromatic carbocycles. The second-order valence-corrected chi connectivity index (χ2v) is 5.84. The molecule has 0 aromatic heterocycles. The third kappa shape index (κ3) is 4.73. The summed E-state index contributed by atoms with van der Waals surface area (Å²) < 4.78 is 0. The first-order valence-electron chi connectivity index (χ1n) is 6.55. The average Bonchev–Trinajstić information content (AvgIpc) is 2.66. The fourth-order valence-corrected chi connectivity index (χ4v) is 3.12. The van der Waals surface area contributed by atoms with E-state index in [-0.39, 0.29) is 0 Å². The second kappa shape index (κ2) is 7.36. The van der Waals surface area contributed by atoms with Gasteiger partial charge in [0.2, 0.25) is 0 Å². The zero-order valence-corrected chi connectivity index (χ0v) is 11.7. The molecule has 1 fully saturated rings. The van der Waals surface area contributed by atoms with E-state index in [4.69, 9.17) is 5.11 Å². The quantitative estimate of drug-likeness (QED) is 0.859. The molecule has 0 unspecified atom stereocenters. The fourth-order valence-electron chi connectivity index (χ4n) is 2.20. The van der Waals surface area contributed by atoms with Crippen molar-refractivity contribution in [3.05, 3.63) is 41.5 Å². The molecule has 1 aliphatic rings. The number of hydrogen-bond acceptors (Lipinski definition) is 3. The highest BCUT2D eigenvalue weighted by Gasteiger charge is 2.10. The topological polar surface area (TPSA) is 40.5 Å². The molecule has 0 bridgehead atoms. The van der Waals surface area contributed by atoms with E-state index in [9.17, 15) is 4.79 Å². The number of nitrogens with zero attached hydrogens (tertiary/aromatic N) is 1. The van der Waals surface area contributed by atoms with Gasteiger partial charge in [0.05, 0.1) is 0 Å². The van der Waals surface area contributed by atoms with E-state index in [2.05, 4.69) is 11.0 Å². The molecular weight excluding hydrogens is 258 g/mol. The van der Waals surface area contributed by atoms with E-state index in [1.165, 1.54) is 29.6 Å². The maximum atomic E-state index is 10.6. The number of carbonyl (C=O) groups is 1. The molecular formula is C15H19NO2S. The second-order valence-electron chi connectivity index (χ2n) is 4.61. The van der Waals surface area contributed by atoms with Crippen LogP contribution in [0.5, 0.6) is 0 Å². The zero-order chi connectivity index (χ0) is 13.5. The van der Waals surface area contributed by atoms with Gasteiger partial charge < -0.3 is 5.11 Å². The van der Waals surface area contributed by atoms with Crippen LogP contribution in [0.15, 0.2) is 30.3 Å². The van der Waals surface area contributed by atoms with Gasteiger partial charge in [0.15, 0.2) is 0 Å². The van der Waals surface area contributed by atoms with Gasteiger partial charge in [-0.25, -0.2) is 4.79 Å². The van der Waals surface area contributed by atoms with Gasteiger partial charge in [0.1, 0.15) is 0 Å². The molecule has 0 radical (unpaired) electrons. The highest BCUT2D eigenvalue weighted by molar-refractivity contribution is 7.99. The van der Waals surface area contributed by atoms with Crippen LogP contribution in [0.25, 0.3) is 6.08 Å². The fraction of sp³-hybridized carbons (Fsp3) is 0.400. The molecule has 0 spiro atoms. The molecule has 0 amide bonds. The summed E-state index contributed by atoms with van der Waals surface area (Å²) in [6, 6.07) is 8.02. The Kier molecular flexibility index (Phi) is 5.48. The Balaban J connectivity index is 2.08. The maximum Gasteiger partial charge on any atom is 0.328 e. The predicted octanol–water partition coefficient (Wildman–Crippen LogP) is 2.72. The molecule has 1 aliphatic heterocycles. The first kappa shape index (κ1) is 14.2. The molecule has 1 aromatic rings. The average molecular weight is 277 g/mol. The van der Waals surface area contributed by atoms with E-state index in [1.54, 1.807) is 6.08 Å². The van der Waals surface area contributed by atoms with Crippen LogP contribution in [0.1, 0.15) is 17.5 Å². The van der Waals surface area contributed by atoms with Gasteiger partial charge in [-0.15, -0.1) is 0 Å². The summed E-state index contributed by atoms with van der Waals surface area (Å²) in [5.41, 5.74) is 2.20. The van der Waals surface area contributed by atoms with Gasteiger partial charge in [-0.05, 0) is 35.9 Å². The van der Waals surface area contributed by atoms with Crippen LogP contribution < -0.4 is 0 Å². The molecule has 0 aliphatic carbocycles. The number of benzene rings is 1. The minimum atomic E-state index is -0.902. The van der Waals surface area contributed by atoms with Gasteiger partial charge in [-0.2, -0.15) is 11.8 Å². The van der Waals surface area contributed by atoms with E-state index >= 15 is 0 Å². The van der Waals surface area contributed by atoms with Gasteiger partial charge in [-0.1, -0.05) is 24.3 Å². The molecule has 4 heteroatoms. The summed E-state index contributed by atoms with van der Waals surface area (Å²) in [5, 5.41) is 8.72. The Morgan fingerprint density at radius 2 is 2.16 bits per heavy atom. The van der Waals surface area contributed by atoms with E-state index in [0.29, 0.717) is 0 Å². The smallest absolute Gasteiger partial charge is 0.328 e. The normalized spacial score (nSPS) is 17.5. The van der Waals surface area contributed by atoms with Crippen LogP contribution in [-0.4, -0.2) is 40.6 Å². The molecule has 3 nitrogen and oxygen atoms in total. The summed E-state index contributed by atoms with van der Waals surface area (Å²) in [7, 11) is 0. The Morgan fingerprint density at radius 3 is 3.00 bits per heavy atom. The third-order valence-electron chi connectivity index (χ3n) is 3.17. The molecule has 0 atom stereocenters. The van der Waals surface area contributed by atoms with E-state index < -0.39 is 5.97 Å². The van der Waals surface area contributed by atoms with Crippen molar-refractivity contribution in [2.45, 2.75) is 13.0 Å². The minimum Gasteiger partial charge on any atom is -0.478 e. The van der Waals surface area contributed by atoms with Crippen LogP contribution >= 0.6 is 11.8 Å². The lowest BCUT2D eigenvalue weighted by Gasteiger charge is -2.20. The molecule has 19 heavy (non-hydrogen) atoms. The number of rotatable bonds is 4. The summed E-state index contributed by atoms with van der Waals surface area (Å²) in [6.07, 6.45) is 4.12. The molecule has 0 saturated carbocycles. The molecule has 1 N–H and O–H groups in total. The van der Waals surface area contributed by atoms with Crippen LogP contribution in [0.2, 0.25) is 0 Å². The Morgan fingerprint density at radius 1 is 1.32 bits per heavy atom. The SMILES string of the molecule is O=C(O)C=Cc1ccccc1CN1CCCSCC1. The highest BCUT2D eigenvalue weighted by Crippen LogP contribution is 2.16. The van der Waals surface area contributed by atoms with Gasteiger partial charge in [0, 0.05) is 24.9 Å². The van der Waals surface area contributed by atoms with Crippen LogP contribution in [0.4, 0.5) is 0 Å². The number of carboxylic acids is 1. The number of aliphatic carboxylic acids is 1. The van der Waals surface area contributed by atoms with Crippen molar-refractivity contribution in [1.82, 2.24) is 4.90 Å². The molecule has 102 valence electrons. The van der Waals surface area contributed by atoms with E-state index in [0.717, 1.165) is 25.2 Å². The molecule has 1 saturated heterocycles. The highest BCUT2D eigenvalue weighted by atomic mass is 32.2. The van der Waals surface area contributed by atoms with E-state index in [1.807, 2.05) is 30.0 Å². The van der Waals surface area contributed by atoms with Crippen molar-refractivity contribution in [1.29, 1.82) is 0 Å². The van der Waals surface area contributed by atoms with Gasteiger partial charge in [0.25, 0.3) is 0 Å². The lowest BCUT2D eigenvalue weighted by Crippen LogP contribution is -2.25. The molecule has 2 rings (SSSR count). The summed E-state index contributed by atoms with van der Waals surface area (Å²) in [4.78, 5) is 13.1. The zero-order valence-electron chi connectivity index (χ0n) is 10.9. The number of hydrogen-bond donors (Lipinski definition) is 1. The summed E-state index contributed by atoms with van der Waals surface area (Å²) in [5.74, 6) is 1.53. The van der Waals surface area contributed by atoms with Crippen molar-refractivity contribution in [3.8, 4) is 0 Å². The maximum absolute atomic E-state index is 10.6. The van der Waals surface area contributed by atoms with Crippen LogP contribution in [0, 0.1) is 0 Å². The minimum absolute atomic E-state index is 0.902. The summed E-state index contributed by atoms with van der Waals surface area (Å²) >= 11 is 2.02. The lowest BCUT2D eigenvalue weighted by atomic mass is 10.1. The first-order valence-corrected chi connectivity index (χ1v) is 7.70. The number of carboxylic acid groups (broad SMARTS) is 1. The Bertz CT molecular complexity index is 451. The van der Waals surface area contributed by atoms with Gasteiger partial charge >= 0.3 is 5.97 Å². The Hall–Kier alpha value is -1.26. The monoisotopic (exact) mass is 277 g/mol.